The molecule has 2 aromatic carbocycles. The number of benzene rings is 2. The van der Waals surface area contributed by atoms with E-state index in [0.717, 1.165) is 16.5 Å². The highest BCUT2D eigenvalue weighted by molar-refractivity contribution is 6.02. The number of nitrogens with one attached hydrogen (secondary N) is 3. The van der Waals surface area contributed by atoms with E-state index in [9.17, 15) is 19.2 Å². The van der Waals surface area contributed by atoms with Crippen LogP contribution in [0.2, 0.25) is 0 Å². The summed E-state index contributed by atoms with van der Waals surface area (Å²) in [4.78, 5) is 55.0. The molecule has 1 aliphatic heterocycles. The molecule has 4 rings (SSSR count). The number of esters is 1. The Morgan fingerprint density at radius 3 is 2.56 bits per heavy atom. The molecule has 1 aliphatic rings. The van der Waals surface area contributed by atoms with Crippen LogP contribution in [0.1, 0.15) is 61.5 Å². The fourth-order valence-corrected chi connectivity index (χ4v) is 5.28. The highest BCUT2D eigenvalue weighted by atomic mass is 16.5. The molecule has 39 heavy (non-hydrogen) atoms. The van der Waals surface area contributed by atoms with E-state index in [0.29, 0.717) is 23.6 Å². The van der Waals surface area contributed by atoms with Gasteiger partial charge in [-0.25, -0.2) is 4.79 Å². The van der Waals surface area contributed by atoms with Gasteiger partial charge >= 0.3 is 5.97 Å². The van der Waals surface area contributed by atoms with Crippen LogP contribution in [0.5, 0.6) is 5.75 Å². The first-order valence-corrected chi connectivity index (χ1v) is 13.2. The molecular weight excluding hydrogens is 498 g/mol. The monoisotopic (exact) mass is 533 g/mol. The van der Waals surface area contributed by atoms with Crippen LogP contribution in [-0.4, -0.2) is 48.8 Å². The third-order valence-corrected chi connectivity index (χ3v) is 7.13. The normalized spacial score (nSPS) is 16.2. The van der Waals surface area contributed by atoms with Gasteiger partial charge in [0.2, 0.25) is 11.8 Å². The lowest BCUT2D eigenvalue weighted by atomic mass is 9.85. The Hall–Kier alpha value is -4.14. The number of fused-ring (bicyclic) bond motifs is 2. The molecule has 3 N–H and O–H groups in total. The van der Waals surface area contributed by atoms with Crippen LogP contribution >= 0.6 is 0 Å². The number of H-pyrrole nitrogens is 1. The molecule has 9 heteroatoms. The minimum absolute atomic E-state index is 0.0261. The molecule has 0 spiro atoms. The van der Waals surface area contributed by atoms with Crippen LogP contribution < -0.4 is 15.4 Å². The number of aromatic nitrogens is 1. The van der Waals surface area contributed by atoms with Crippen LogP contribution in [0, 0.1) is 11.8 Å². The maximum atomic E-state index is 13.5. The molecule has 3 aromatic rings. The number of aromatic amines is 1. The van der Waals surface area contributed by atoms with E-state index in [2.05, 4.69) is 15.6 Å². The number of hydrogen-bond donors (Lipinski definition) is 3. The number of ketones is 1. The molecule has 0 radical (unpaired) electrons. The average Bonchev–Trinajstić information content (AvgIpc) is 3.36. The van der Waals surface area contributed by atoms with E-state index >= 15 is 0 Å². The van der Waals surface area contributed by atoms with E-state index < -0.39 is 23.8 Å². The van der Waals surface area contributed by atoms with Crippen molar-refractivity contribution in [2.75, 3.05) is 19.5 Å². The molecule has 0 saturated carbocycles. The molecule has 2 heterocycles. The van der Waals surface area contributed by atoms with Gasteiger partial charge in [-0.05, 0) is 54.5 Å². The smallest absolute Gasteiger partial charge is 0.328 e. The lowest BCUT2D eigenvalue weighted by molar-refractivity contribution is -0.146. The summed E-state index contributed by atoms with van der Waals surface area (Å²) in [5.74, 6) is -1.47. The highest BCUT2D eigenvalue weighted by Gasteiger charge is 2.33. The Labute approximate surface area is 227 Å². The molecule has 2 unspecified atom stereocenters. The first-order chi connectivity index (χ1) is 18.7. The van der Waals surface area contributed by atoms with Crippen molar-refractivity contribution in [2.45, 2.75) is 51.5 Å². The molecule has 3 atom stereocenters. The predicted molar refractivity (Wildman–Crippen MR) is 148 cm³/mol. The Bertz CT molecular complexity index is 1380. The minimum Gasteiger partial charge on any atom is -0.496 e. The van der Waals surface area contributed by atoms with Gasteiger partial charge in [-0.1, -0.05) is 38.1 Å². The van der Waals surface area contributed by atoms with Crippen molar-refractivity contribution in [1.29, 1.82) is 0 Å². The standard InChI is InChI=1S/C30H35N3O6/c1-17(2)12-19(14-26(34)24-16-21-23(31-24)10-7-11-27(21)38-3)29(36)33-25(30(37)39-4)13-18-15-28(35)32-22-9-6-5-8-20(18)22/h5-11,16-19,25,31H,12-15H2,1-4H3,(H,32,35)(H,33,36)/t18?,19-,25?/m1/s1. The summed E-state index contributed by atoms with van der Waals surface area (Å²) in [6.07, 6.45) is 0.830. The number of ether oxygens (including phenoxy) is 2. The molecule has 1 aromatic heterocycles. The van der Waals surface area contributed by atoms with Gasteiger partial charge in [0, 0.05) is 35.3 Å². The SMILES string of the molecule is COC(=O)C(CC1CC(=O)Nc2ccccc21)NC(=O)[C@@H](CC(=O)c1cc2c(OC)cccc2[nH]1)CC(C)C. The van der Waals surface area contributed by atoms with E-state index in [-0.39, 0.29) is 42.8 Å². The third kappa shape index (κ3) is 6.47. The fraction of sp³-hybridized carbons (Fsp3) is 0.400. The van der Waals surface area contributed by atoms with Gasteiger partial charge in [0.05, 0.1) is 19.9 Å². The van der Waals surface area contributed by atoms with Gasteiger partial charge in [-0.3, -0.25) is 14.4 Å². The number of carbonyl (C=O) groups excluding carboxylic acids is 4. The van der Waals surface area contributed by atoms with Gasteiger partial charge in [0.15, 0.2) is 5.78 Å². The maximum Gasteiger partial charge on any atom is 0.328 e. The first kappa shape index (κ1) is 27.9. The molecular formula is C30H35N3O6. The number of hydrogen-bond acceptors (Lipinski definition) is 6. The van der Waals surface area contributed by atoms with Gasteiger partial charge < -0.3 is 25.1 Å². The minimum atomic E-state index is -0.964. The summed E-state index contributed by atoms with van der Waals surface area (Å²) in [6, 6.07) is 13.7. The van der Waals surface area contributed by atoms with Crippen molar-refractivity contribution in [3.05, 3.63) is 59.8 Å². The zero-order valence-corrected chi connectivity index (χ0v) is 22.7. The summed E-state index contributed by atoms with van der Waals surface area (Å²) < 4.78 is 10.4. The molecule has 0 fully saturated rings. The van der Waals surface area contributed by atoms with Gasteiger partial charge in [-0.15, -0.1) is 0 Å². The first-order valence-electron chi connectivity index (χ1n) is 13.2. The molecule has 2 amide bonds. The predicted octanol–water partition coefficient (Wildman–Crippen LogP) is 4.59. The Kier molecular flexibility index (Phi) is 8.69. The van der Waals surface area contributed by atoms with Gasteiger partial charge in [0.25, 0.3) is 0 Å². The quantitative estimate of drug-likeness (QED) is 0.245. The molecule has 0 saturated heterocycles. The lowest BCUT2D eigenvalue weighted by Crippen LogP contribution is -2.46. The summed E-state index contributed by atoms with van der Waals surface area (Å²) in [7, 11) is 2.84. The van der Waals surface area contributed by atoms with Crippen molar-refractivity contribution in [3.8, 4) is 5.75 Å². The zero-order chi connectivity index (χ0) is 28.1. The highest BCUT2D eigenvalue weighted by Crippen LogP contribution is 2.35. The number of para-hydroxylation sites is 1. The van der Waals surface area contributed by atoms with Crippen LogP contribution in [0.4, 0.5) is 5.69 Å². The van der Waals surface area contributed by atoms with Crippen molar-refractivity contribution in [2.24, 2.45) is 11.8 Å². The van der Waals surface area contributed by atoms with Crippen molar-refractivity contribution in [3.63, 3.8) is 0 Å². The number of methoxy groups -OCH3 is 2. The Morgan fingerprint density at radius 2 is 1.85 bits per heavy atom. The van der Waals surface area contributed by atoms with Crippen LogP contribution in [0.3, 0.4) is 0 Å². The van der Waals surface area contributed by atoms with Crippen molar-refractivity contribution in [1.82, 2.24) is 10.3 Å². The molecule has 0 bridgehead atoms. The zero-order valence-electron chi connectivity index (χ0n) is 22.7. The summed E-state index contributed by atoms with van der Waals surface area (Å²) in [6.45, 7) is 3.96. The second-order valence-electron chi connectivity index (χ2n) is 10.4. The Morgan fingerprint density at radius 1 is 1.08 bits per heavy atom. The van der Waals surface area contributed by atoms with E-state index in [4.69, 9.17) is 9.47 Å². The molecule has 9 nitrogen and oxygen atoms in total. The van der Waals surface area contributed by atoms with Gasteiger partial charge in [-0.2, -0.15) is 0 Å². The number of carbonyl (C=O) groups is 4. The van der Waals surface area contributed by atoms with Gasteiger partial charge in [0.1, 0.15) is 11.8 Å². The average molecular weight is 534 g/mol. The van der Waals surface area contributed by atoms with Crippen molar-refractivity contribution < 1.29 is 28.7 Å². The number of Topliss-reactive ketones (excluding diaryl/α,β-unsaturated/α-hetero) is 1. The summed E-state index contributed by atoms with van der Waals surface area (Å²) >= 11 is 0. The van der Waals surface area contributed by atoms with E-state index in [1.165, 1.54) is 7.11 Å². The number of amides is 2. The second kappa shape index (κ2) is 12.1. The molecule has 206 valence electrons. The van der Waals surface area contributed by atoms with Crippen LogP contribution in [0.15, 0.2) is 48.5 Å². The topological polar surface area (TPSA) is 127 Å². The third-order valence-electron chi connectivity index (χ3n) is 7.13. The van der Waals surface area contributed by atoms with Crippen LogP contribution in [0.25, 0.3) is 10.9 Å². The van der Waals surface area contributed by atoms with Crippen molar-refractivity contribution >= 4 is 40.2 Å². The fourth-order valence-electron chi connectivity index (χ4n) is 5.28. The number of anilines is 1. The van der Waals surface area contributed by atoms with E-state index in [1.54, 1.807) is 13.2 Å². The maximum absolute atomic E-state index is 13.5. The van der Waals surface area contributed by atoms with Crippen LogP contribution in [-0.2, 0) is 19.1 Å². The lowest BCUT2D eigenvalue weighted by Gasteiger charge is -2.29. The molecule has 0 aliphatic carbocycles. The second-order valence-corrected chi connectivity index (χ2v) is 10.4. The van der Waals surface area contributed by atoms with E-state index in [1.807, 2.05) is 56.3 Å². The largest absolute Gasteiger partial charge is 0.496 e. The Balaban J connectivity index is 1.52. The number of rotatable bonds is 11. The summed E-state index contributed by atoms with van der Waals surface area (Å²) in [5.41, 5.74) is 2.77. The summed E-state index contributed by atoms with van der Waals surface area (Å²) in [5, 5.41) is 6.48.